The molecule has 44 heavy (non-hydrogen) atoms. The van der Waals surface area contributed by atoms with Gasteiger partial charge in [-0.2, -0.15) is 0 Å². The van der Waals surface area contributed by atoms with Gasteiger partial charge in [0.15, 0.2) is 0 Å². The summed E-state index contributed by atoms with van der Waals surface area (Å²) in [5.74, 6) is -0.743. The van der Waals surface area contributed by atoms with E-state index in [0.717, 1.165) is 68.4 Å². The predicted molar refractivity (Wildman–Crippen MR) is 172 cm³/mol. The molecular weight excluding hydrogens is 551 g/mol. The van der Waals surface area contributed by atoms with E-state index in [2.05, 4.69) is 49.1 Å². The lowest BCUT2D eigenvalue weighted by Gasteiger charge is -2.42. The fraction of sp³-hybridized carbons (Fsp3) is 0.500. The van der Waals surface area contributed by atoms with Crippen LogP contribution in [0.2, 0.25) is 6.32 Å². The molecule has 6 rings (SSSR count). The molecule has 0 spiro atoms. The Morgan fingerprint density at radius 2 is 1.80 bits per heavy atom. The Morgan fingerprint density at radius 3 is 2.52 bits per heavy atom. The smallest absolute Gasteiger partial charge is 0.455 e. The first-order valence-electron chi connectivity index (χ1n) is 16.5. The first-order valence-corrected chi connectivity index (χ1v) is 16.5. The van der Waals surface area contributed by atoms with Gasteiger partial charge in [-0.3, -0.25) is 19.4 Å². The van der Waals surface area contributed by atoms with Crippen LogP contribution in [0.5, 0.6) is 5.75 Å². The van der Waals surface area contributed by atoms with Crippen LogP contribution in [0.4, 0.5) is 0 Å². The summed E-state index contributed by atoms with van der Waals surface area (Å²) in [6.45, 7) is 6.86. The van der Waals surface area contributed by atoms with Gasteiger partial charge < -0.3 is 14.8 Å². The molecule has 232 valence electrons. The molecule has 2 amide bonds. The van der Waals surface area contributed by atoms with Gasteiger partial charge in [-0.1, -0.05) is 73.0 Å². The first kappa shape index (κ1) is 30.8. The van der Waals surface area contributed by atoms with Crippen LogP contribution in [-0.4, -0.2) is 64.1 Å². The number of carbonyl (C=O) groups excluding carboxylic acids is 2. The number of hydrogen-bond donors (Lipinski definition) is 2. The van der Waals surface area contributed by atoms with Crippen LogP contribution in [0.25, 0.3) is 6.08 Å². The van der Waals surface area contributed by atoms with Crippen molar-refractivity contribution in [3.63, 3.8) is 0 Å². The summed E-state index contributed by atoms with van der Waals surface area (Å²) in [6, 6.07) is 17.6. The molecule has 0 bridgehead atoms. The molecule has 8 heteroatoms. The molecule has 3 saturated heterocycles. The Bertz CT molecular complexity index is 1420. The number of fused-ring (bicyclic) bond motifs is 3. The van der Waals surface area contributed by atoms with E-state index < -0.39 is 13.0 Å². The lowest BCUT2D eigenvalue weighted by Crippen LogP contribution is -2.48. The number of benzene rings is 2. The lowest BCUT2D eigenvalue weighted by molar-refractivity contribution is -0.144. The van der Waals surface area contributed by atoms with Crippen LogP contribution in [0, 0.1) is 17.8 Å². The fourth-order valence-corrected chi connectivity index (χ4v) is 8.24. The van der Waals surface area contributed by atoms with Gasteiger partial charge in [0.2, 0.25) is 11.8 Å². The number of imide groups is 1. The highest BCUT2D eigenvalue weighted by Crippen LogP contribution is 2.51. The Morgan fingerprint density at radius 1 is 1.02 bits per heavy atom. The highest BCUT2D eigenvalue weighted by atomic mass is 16.5. The summed E-state index contributed by atoms with van der Waals surface area (Å²) in [5.41, 5.74) is 5.78. The van der Waals surface area contributed by atoms with Gasteiger partial charge in [0.05, 0.1) is 17.9 Å². The van der Waals surface area contributed by atoms with E-state index in [9.17, 15) is 19.7 Å². The zero-order chi connectivity index (χ0) is 30.8. The summed E-state index contributed by atoms with van der Waals surface area (Å²) in [6.07, 6.45) is 7.82. The van der Waals surface area contributed by atoms with E-state index in [0.29, 0.717) is 19.2 Å². The standard InChI is InChI=1S/C36H45BN2O5/c1-3-8-25(20-27-11-7-12-29(40)21-27)13-14-32-33-24(2)19-30-34(31(33)22-37(43)44-32)36(42)39(35(30)41)28-15-17-38(18-16-28)23-26-9-5-4-6-10-26/h4-7,9-12,20-21,28,30-32,34,40,43H,3,8,13-19,22-23H2,1-2H3/b25-20+/t30-,31+,32-,34-/m1/s1. The minimum atomic E-state index is -0.955. The number of phenols is 1. The maximum Gasteiger partial charge on any atom is 0.455 e. The molecule has 4 atom stereocenters. The predicted octanol–water partition coefficient (Wildman–Crippen LogP) is 5.84. The third-order valence-corrected chi connectivity index (χ3v) is 10.2. The van der Waals surface area contributed by atoms with Gasteiger partial charge in [-0.15, -0.1) is 0 Å². The summed E-state index contributed by atoms with van der Waals surface area (Å²) < 4.78 is 6.15. The van der Waals surface area contributed by atoms with Gasteiger partial charge in [0.25, 0.3) is 0 Å². The molecule has 1 aliphatic carbocycles. The average molecular weight is 597 g/mol. The van der Waals surface area contributed by atoms with Gasteiger partial charge in [-0.05, 0) is 86.5 Å². The van der Waals surface area contributed by atoms with Crippen molar-refractivity contribution in [1.29, 1.82) is 0 Å². The normalized spacial score (nSPS) is 26.8. The van der Waals surface area contributed by atoms with Gasteiger partial charge in [0.1, 0.15) is 5.75 Å². The number of phenolic OH excluding ortho intramolecular Hbond substituents is 1. The third kappa shape index (κ3) is 6.44. The maximum absolute atomic E-state index is 14.1. The summed E-state index contributed by atoms with van der Waals surface area (Å²) >= 11 is 0. The van der Waals surface area contributed by atoms with E-state index in [1.165, 1.54) is 11.1 Å². The summed E-state index contributed by atoms with van der Waals surface area (Å²) in [5, 5.41) is 20.8. The van der Waals surface area contributed by atoms with Crippen LogP contribution < -0.4 is 0 Å². The second kappa shape index (κ2) is 13.4. The molecule has 0 radical (unpaired) electrons. The molecule has 3 heterocycles. The second-order valence-electron chi connectivity index (χ2n) is 13.2. The van der Waals surface area contributed by atoms with Crippen molar-refractivity contribution < 1.29 is 24.4 Å². The minimum Gasteiger partial charge on any atom is -0.508 e. The van der Waals surface area contributed by atoms with Crippen molar-refractivity contribution in [3.05, 3.63) is 82.4 Å². The van der Waals surface area contributed by atoms with Crippen molar-refractivity contribution in [2.75, 3.05) is 13.1 Å². The van der Waals surface area contributed by atoms with Gasteiger partial charge in [-0.25, -0.2) is 0 Å². The topological polar surface area (TPSA) is 90.3 Å². The maximum atomic E-state index is 14.1. The SMILES string of the molecule is CCC/C(=C\c1cccc(O)c1)CC[C@H]1OB(O)C[C@H]2C1=C(C)C[C@H]1C(=O)N(C3CCN(Cc4ccccc4)CC3)C(=O)[C@H]12. The monoisotopic (exact) mass is 596 g/mol. The molecule has 2 aromatic rings. The molecule has 3 fully saturated rings. The highest BCUT2D eigenvalue weighted by Gasteiger charge is 2.58. The molecule has 2 aromatic carbocycles. The van der Waals surface area contributed by atoms with Crippen LogP contribution in [0.3, 0.4) is 0 Å². The number of carbonyl (C=O) groups is 2. The zero-order valence-corrected chi connectivity index (χ0v) is 26.0. The van der Waals surface area contributed by atoms with Crippen molar-refractivity contribution in [2.45, 2.75) is 83.8 Å². The molecule has 0 unspecified atom stereocenters. The molecule has 7 nitrogen and oxygen atoms in total. The van der Waals surface area contributed by atoms with Crippen molar-refractivity contribution >= 4 is 25.0 Å². The van der Waals surface area contributed by atoms with Crippen molar-refractivity contribution in [3.8, 4) is 5.75 Å². The minimum absolute atomic E-state index is 0.0169. The molecule has 2 N–H and O–H groups in total. The highest BCUT2D eigenvalue weighted by molar-refractivity contribution is 6.43. The molecular formula is C36H45BN2O5. The van der Waals surface area contributed by atoms with Crippen LogP contribution in [-0.2, 0) is 20.8 Å². The summed E-state index contributed by atoms with van der Waals surface area (Å²) in [7, 11) is -0.955. The third-order valence-electron chi connectivity index (χ3n) is 10.2. The van der Waals surface area contributed by atoms with Crippen LogP contribution in [0.1, 0.15) is 69.9 Å². The van der Waals surface area contributed by atoms with Crippen LogP contribution in [0.15, 0.2) is 71.3 Å². The number of hydrogen-bond acceptors (Lipinski definition) is 6. The van der Waals surface area contributed by atoms with Gasteiger partial charge in [0, 0.05) is 25.7 Å². The number of amides is 2. The zero-order valence-electron chi connectivity index (χ0n) is 26.0. The van der Waals surface area contributed by atoms with Crippen LogP contribution >= 0.6 is 0 Å². The van der Waals surface area contributed by atoms with E-state index in [4.69, 9.17) is 4.65 Å². The number of aromatic hydroxyl groups is 1. The Hall–Kier alpha value is -3.20. The molecule has 3 aliphatic heterocycles. The number of piperidine rings is 1. The lowest BCUT2D eigenvalue weighted by atomic mass is 9.58. The van der Waals surface area contributed by atoms with E-state index >= 15 is 0 Å². The van der Waals surface area contributed by atoms with E-state index in [-0.39, 0.29) is 41.5 Å². The van der Waals surface area contributed by atoms with Gasteiger partial charge >= 0.3 is 7.12 Å². The molecule has 0 saturated carbocycles. The molecule has 4 aliphatic rings. The number of likely N-dealkylation sites (tertiary alicyclic amines) is 2. The Kier molecular flexibility index (Phi) is 9.41. The average Bonchev–Trinajstić information content (AvgIpc) is 3.25. The quantitative estimate of drug-likeness (QED) is 0.215. The number of rotatable bonds is 9. The van der Waals surface area contributed by atoms with E-state index in [1.54, 1.807) is 17.0 Å². The fourth-order valence-electron chi connectivity index (χ4n) is 8.24. The number of allylic oxidation sites excluding steroid dienone is 2. The van der Waals surface area contributed by atoms with Crippen molar-refractivity contribution in [2.24, 2.45) is 17.8 Å². The summed E-state index contributed by atoms with van der Waals surface area (Å²) in [4.78, 5) is 32.0. The largest absolute Gasteiger partial charge is 0.508 e. The molecule has 0 aromatic heterocycles. The second-order valence-corrected chi connectivity index (χ2v) is 13.2. The Balaban J connectivity index is 1.15. The Labute approximate surface area is 261 Å². The van der Waals surface area contributed by atoms with Crippen molar-refractivity contribution in [1.82, 2.24) is 9.80 Å². The number of nitrogens with zero attached hydrogens (tertiary/aromatic N) is 2. The van der Waals surface area contributed by atoms with E-state index in [1.807, 2.05) is 18.2 Å². The first-order chi connectivity index (χ1) is 21.3.